The Morgan fingerprint density at radius 1 is 0.969 bits per heavy atom. The fourth-order valence-electron chi connectivity index (χ4n) is 6.17. The summed E-state index contributed by atoms with van der Waals surface area (Å²) < 4.78 is 14.2. The molecule has 0 saturated heterocycles. The lowest BCUT2D eigenvalue weighted by molar-refractivity contribution is -0.123. The number of hydrogen-bond donors (Lipinski definition) is 1. The van der Waals surface area contributed by atoms with E-state index in [1.807, 2.05) is 18.2 Å². The fraction of sp³-hybridized carbons (Fsp3) is 0.393. The maximum Gasteiger partial charge on any atom is 0.227 e. The van der Waals surface area contributed by atoms with Crippen LogP contribution in [-0.2, 0) is 11.2 Å². The first-order valence-corrected chi connectivity index (χ1v) is 12.2. The van der Waals surface area contributed by atoms with Gasteiger partial charge < -0.3 is 5.32 Å². The third-order valence-corrected chi connectivity index (χ3v) is 8.02. The summed E-state index contributed by atoms with van der Waals surface area (Å²) in [7, 11) is 0. The van der Waals surface area contributed by atoms with Gasteiger partial charge in [0.25, 0.3) is 0 Å². The number of aryl methyl sites for hydroxylation is 1. The van der Waals surface area contributed by atoms with Crippen molar-refractivity contribution in [1.29, 1.82) is 0 Å². The number of nitrogens with one attached hydrogen (secondary N) is 1. The Kier molecular flexibility index (Phi) is 5.94. The van der Waals surface area contributed by atoms with Crippen molar-refractivity contribution < 1.29 is 9.18 Å². The van der Waals surface area contributed by atoms with Crippen LogP contribution in [0.2, 0.25) is 5.02 Å². The highest BCUT2D eigenvalue weighted by Crippen LogP contribution is 2.51. The molecule has 0 unspecified atom stereocenters. The summed E-state index contributed by atoms with van der Waals surface area (Å²) in [5, 5.41) is 6.02. The van der Waals surface area contributed by atoms with Crippen LogP contribution in [0.1, 0.15) is 56.1 Å². The number of anilines is 1. The van der Waals surface area contributed by atoms with Crippen molar-refractivity contribution in [3.8, 4) is 0 Å². The molecule has 32 heavy (non-hydrogen) atoms. The molecule has 2 saturated carbocycles. The summed E-state index contributed by atoms with van der Waals surface area (Å²) in [5.41, 5.74) is 3.38. The van der Waals surface area contributed by atoms with Gasteiger partial charge in [0, 0.05) is 16.6 Å². The molecule has 2 fully saturated rings. The topological polar surface area (TPSA) is 29.1 Å². The van der Waals surface area contributed by atoms with Gasteiger partial charge in [-0.3, -0.25) is 4.79 Å². The Morgan fingerprint density at radius 2 is 1.75 bits per heavy atom. The summed E-state index contributed by atoms with van der Waals surface area (Å²) >= 11 is 5.96. The van der Waals surface area contributed by atoms with Gasteiger partial charge in [0.05, 0.1) is 0 Å². The molecule has 0 radical (unpaired) electrons. The molecule has 0 aromatic heterocycles. The van der Waals surface area contributed by atoms with Crippen LogP contribution in [0.15, 0.2) is 54.6 Å². The summed E-state index contributed by atoms with van der Waals surface area (Å²) in [5.74, 6) is 1.47. The molecule has 3 aromatic carbocycles. The van der Waals surface area contributed by atoms with Crippen molar-refractivity contribution in [2.45, 2.75) is 51.4 Å². The highest BCUT2D eigenvalue weighted by atomic mass is 35.5. The van der Waals surface area contributed by atoms with E-state index >= 15 is 0 Å². The molecular formula is C28H29ClFNO. The summed E-state index contributed by atoms with van der Waals surface area (Å²) in [6.45, 7) is 2.15. The number of hydrogen-bond acceptors (Lipinski definition) is 1. The van der Waals surface area contributed by atoms with Crippen LogP contribution in [0.4, 0.5) is 10.1 Å². The number of amides is 1. The van der Waals surface area contributed by atoms with Crippen LogP contribution >= 0.6 is 11.6 Å². The molecule has 2 bridgehead atoms. The lowest BCUT2D eigenvalue weighted by Gasteiger charge is -2.44. The van der Waals surface area contributed by atoms with E-state index in [1.54, 1.807) is 24.3 Å². The van der Waals surface area contributed by atoms with Gasteiger partial charge in [-0.05, 0) is 115 Å². The molecule has 3 aromatic rings. The zero-order valence-electron chi connectivity index (χ0n) is 18.4. The minimum absolute atomic E-state index is 0.0690. The monoisotopic (exact) mass is 449 g/mol. The summed E-state index contributed by atoms with van der Waals surface area (Å²) in [6.07, 6.45) is 6.11. The predicted molar refractivity (Wildman–Crippen MR) is 130 cm³/mol. The number of carbonyl (C=O) groups is 1. The van der Waals surface area contributed by atoms with Gasteiger partial charge in [-0.1, -0.05) is 36.7 Å². The van der Waals surface area contributed by atoms with Gasteiger partial charge in [0.1, 0.15) is 5.82 Å². The first-order valence-electron chi connectivity index (χ1n) is 11.8. The van der Waals surface area contributed by atoms with Crippen molar-refractivity contribution in [3.63, 3.8) is 0 Å². The molecule has 5 rings (SSSR count). The normalized spacial score (nSPS) is 25.0. The minimum Gasteiger partial charge on any atom is -0.326 e. The average molecular weight is 450 g/mol. The van der Waals surface area contributed by atoms with Crippen molar-refractivity contribution in [2.24, 2.45) is 17.8 Å². The third-order valence-electron chi connectivity index (χ3n) is 7.77. The van der Waals surface area contributed by atoms with E-state index in [1.165, 1.54) is 16.5 Å². The van der Waals surface area contributed by atoms with Crippen LogP contribution in [0.5, 0.6) is 0 Å². The SMILES string of the molecule is CCc1ccc([C@@H]2CC[C@@H]3C[C@H]2CC[C@H]3C(=O)Nc2ccc(Cl)cc2)c2cc(F)ccc12. The van der Waals surface area contributed by atoms with E-state index in [4.69, 9.17) is 11.6 Å². The van der Waals surface area contributed by atoms with Gasteiger partial charge in [-0.25, -0.2) is 4.39 Å². The minimum atomic E-state index is -0.164. The Bertz CT molecular complexity index is 1140. The van der Waals surface area contributed by atoms with Gasteiger partial charge in [0.2, 0.25) is 5.91 Å². The van der Waals surface area contributed by atoms with Gasteiger partial charge in [0.15, 0.2) is 0 Å². The maximum atomic E-state index is 14.2. The van der Waals surface area contributed by atoms with Crippen molar-refractivity contribution >= 4 is 34.0 Å². The van der Waals surface area contributed by atoms with E-state index in [0.717, 1.165) is 49.6 Å². The van der Waals surface area contributed by atoms with E-state index in [9.17, 15) is 9.18 Å². The second-order valence-corrected chi connectivity index (χ2v) is 9.91. The number of rotatable bonds is 4. The van der Waals surface area contributed by atoms with Crippen molar-refractivity contribution in [1.82, 2.24) is 0 Å². The maximum absolute atomic E-state index is 14.2. The molecule has 0 aliphatic heterocycles. The Morgan fingerprint density at radius 3 is 2.53 bits per heavy atom. The highest BCUT2D eigenvalue weighted by molar-refractivity contribution is 6.30. The Hall–Kier alpha value is -2.39. The molecule has 2 aliphatic rings. The van der Waals surface area contributed by atoms with Crippen LogP contribution in [-0.4, -0.2) is 5.91 Å². The molecule has 1 amide bonds. The molecule has 2 aliphatic carbocycles. The van der Waals surface area contributed by atoms with Crippen molar-refractivity contribution in [3.05, 3.63) is 76.6 Å². The van der Waals surface area contributed by atoms with E-state index < -0.39 is 0 Å². The summed E-state index contributed by atoms with van der Waals surface area (Å²) in [4.78, 5) is 13.0. The fourth-order valence-corrected chi connectivity index (χ4v) is 6.30. The average Bonchev–Trinajstić information content (AvgIpc) is 2.80. The molecule has 0 spiro atoms. The highest BCUT2D eigenvalue weighted by Gasteiger charge is 2.42. The van der Waals surface area contributed by atoms with E-state index in [2.05, 4.69) is 24.4 Å². The van der Waals surface area contributed by atoms with Crippen LogP contribution in [0, 0.1) is 23.6 Å². The summed E-state index contributed by atoms with van der Waals surface area (Å²) in [6, 6.07) is 17.0. The Labute approximate surface area is 194 Å². The third kappa shape index (κ3) is 4.03. The molecular weight excluding hydrogens is 421 g/mol. The van der Waals surface area contributed by atoms with Gasteiger partial charge in [-0.15, -0.1) is 0 Å². The number of fused-ring (bicyclic) bond motifs is 3. The van der Waals surface area contributed by atoms with Gasteiger partial charge >= 0.3 is 0 Å². The van der Waals surface area contributed by atoms with Crippen LogP contribution < -0.4 is 5.32 Å². The quantitative estimate of drug-likeness (QED) is 0.433. The lowest BCUT2D eigenvalue weighted by atomic mass is 9.60. The zero-order chi connectivity index (χ0) is 22.2. The van der Waals surface area contributed by atoms with Crippen LogP contribution in [0.25, 0.3) is 10.8 Å². The molecule has 1 N–H and O–H groups in total. The van der Waals surface area contributed by atoms with E-state index in [-0.39, 0.29) is 17.6 Å². The zero-order valence-corrected chi connectivity index (χ0v) is 19.2. The first kappa shape index (κ1) is 21.5. The second-order valence-electron chi connectivity index (χ2n) is 9.48. The molecule has 4 heteroatoms. The largest absolute Gasteiger partial charge is 0.326 e. The van der Waals surface area contributed by atoms with Gasteiger partial charge in [-0.2, -0.15) is 0 Å². The van der Waals surface area contributed by atoms with Crippen LogP contribution in [0.3, 0.4) is 0 Å². The van der Waals surface area contributed by atoms with Crippen molar-refractivity contribution in [2.75, 3.05) is 5.32 Å². The molecule has 0 heterocycles. The molecule has 4 atom stereocenters. The molecule has 166 valence electrons. The Balaban J connectivity index is 1.34. The lowest BCUT2D eigenvalue weighted by Crippen LogP contribution is -2.39. The number of benzene rings is 3. The second kappa shape index (κ2) is 8.86. The predicted octanol–water partition coefficient (Wildman–Crippen LogP) is 7.74. The standard InChI is InChI=1S/C28H29ClFNO/c1-2-17-3-13-26(27-16-21(30)8-14-23(17)27)24-11-4-19-15-18(24)5-12-25(19)28(32)31-22-9-6-20(29)7-10-22/h3,6-10,13-14,16,18-19,24-25H,2,4-5,11-12,15H2,1H3,(H,31,32)/t18-,19-,24-,25-/m1/s1. The van der Waals surface area contributed by atoms with E-state index in [0.29, 0.717) is 22.8 Å². The number of carbonyl (C=O) groups excluding carboxylic acids is 1. The smallest absolute Gasteiger partial charge is 0.227 e. The molecule has 2 nitrogen and oxygen atoms in total. The number of halogens is 2. The first-order chi connectivity index (χ1) is 15.5.